The minimum Gasteiger partial charge on any atom is -0.424 e. The monoisotopic (exact) mass is 346 g/mol. The van der Waals surface area contributed by atoms with Crippen LogP contribution in [-0.2, 0) is 6.18 Å². The van der Waals surface area contributed by atoms with E-state index in [1.807, 2.05) is 0 Å². The zero-order chi connectivity index (χ0) is 16.1. The summed E-state index contributed by atoms with van der Waals surface area (Å²) in [4.78, 5) is 16.2. The molecule has 0 aliphatic rings. The Kier molecular flexibility index (Phi) is 3.37. The second kappa shape index (κ2) is 4.99. The fourth-order valence-electron chi connectivity index (χ4n) is 2.05. The van der Waals surface area contributed by atoms with Crippen molar-refractivity contribution >= 4 is 33.2 Å². The maximum absolute atomic E-state index is 12.9. The molecule has 0 aliphatic carbocycles. The molecule has 0 aliphatic heterocycles. The zero-order valence-electron chi connectivity index (χ0n) is 10.6. The van der Waals surface area contributed by atoms with E-state index >= 15 is 0 Å². The number of hydrogen-bond donors (Lipinski definition) is 1. The predicted molar refractivity (Wildman–Crippen MR) is 76.5 cm³/mol. The Bertz CT molecular complexity index is 933. The van der Waals surface area contributed by atoms with Crippen LogP contribution < -0.4 is 5.56 Å². The first-order valence-electron chi connectivity index (χ1n) is 5.84. The second-order valence-electron chi connectivity index (χ2n) is 4.42. The second-order valence-corrected chi connectivity index (χ2v) is 5.68. The van der Waals surface area contributed by atoms with Gasteiger partial charge >= 0.3 is 6.18 Å². The fraction of sp³-hybridized carbons (Fsp3) is 0.0769. The van der Waals surface area contributed by atoms with Crippen LogP contribution >= 0.6 is 22.9 Å². The Morgan fingerprint density at radius 3 is 2.73 bits per heavy atom. The lowest BCUT2D eigenvalue weighted by Crippen LogP contribution is -2.17. The highest BCUT2D eigenvalue weighted by Crippen LogP contribution is 2.39. The lowest BCUT2D eigenvalue weighted by atomic mass is 10.0. The van der Waals surface area contributed by atoms with Crippen LogP contribution in [-0.4, -0.2) is 14.9 Å². The number of aromatic nitrogens is 2. The van der Waals surface area contributed by atoms with Crippen LogP contribution in [0.5, 0.6) is 0 Å². The van der Waals surface area contributed by atoms with Gasteiger partial charge in [0.25, 0.3) is 5.56 Å². The summed E-state index contributed by atoms with van der Waals surface area (Å²) in [7, 11) is 0. The molecule has 114 valence electrons. The SMILES string of the molecule is O=c1c2c(-c3ccc(Cl)c(C(F)(F)F)c3)csc2ncn1O. The molecule has 9 heteroatoms. The highest BCUT2D eigenvalue weighted by Gasteiger charge is 2.33. The van der Waals surface area contributed by atoms with Crippen LogP contribution in [0.15, 0.2) is 34.7 Å². The molecule has 1 N–H and O–H groups in total. The van der Waals surface area contributed by atoms with Gasteiger partial charge in [-0.05, 0) is 17.7 Å². The van der Waals surface area contributed by atoms with Gasteiger partial charge in [0.15, 0.2) is 0 Å². The van der Waals surface area contributed by atoms with Crippen LogP contribution in [0, 0.1) is 0 Å². The molecule has 0 spiro atoms. The van der Waals surface area contributed by atoms with Gasteiger partial charge in [-0.1, -0.05) is 17.7 Å². The van der Waals surface area contributed by atoms with Crippen molar-refractivity contribution < 1.29 is 18.4 Å². The molecule has 0 saturated carbocycles. The van der Waals surface area contributed by atoms with Gasteiger partial charge in [0, 0.05) is 10.9 Å². The molecule has 3 rings (SSSR count). The average molecular weight is 347 g/mol. The van der Waals surface area contributed by atoms with E-state index in [1.54, 1.807) is 0 Å². The van der Waals surface area contributed by atoms with E-state index in [9.17, 15) is 23.2 Å². The third kappa shape index (κ3) is 2.34. The van der Waals surface area contributed by atoms with Crippen molar-refractivity contribution in [2.75, 3.05) is 0 Å². The van der Waals surface area contributed by atoms with E-state index in [2.05, 4.69) is 4.98 Å². The quantitative estimate of drug-likeness (QED) is 0.677. The molecule has 0 unspecified atom stereocenters. The van der Waals surface area contributed by atoms with Crippen LogP contribution in [0.2, 0.25) is 5.02 Å². The first-order valence-corrected chi connectivity index (χ1v) is 7.10. The van der Waals surface area contributed by atoms with Gasteiger partial charge in [0.05, 0.1) is 16.0 Å². The highest BCUT2D eigenvalue weighted by molar-refractivity contribution is 7.17. The van der Waals surface area contributed by atoms with Crippen molar-refractivity contribution in [2.45, 2.75) is 6.18 Å². The summed E-state index contributed by atoms with van der Waals surface area (Å²) in [5, 5.41) is 10.5. The maximum Gasteiger partial charge on any atom is 0.417 e. The number of nitrogens with zero attached hydrogens (tertiary/aromatic N) is 2. The Morgan fingerprint density at radius 1 is 1.32 bits per heavy atom. The highest BCUT2D eigenvalue weighted by atomic mass is 35.5. The number of thiophene rings is 1. The normalized spacial score (nSPS) is 12.0. The number of hydrogen-bond acceptors (Lipinski definition) is 4. The van der Waals surface area contributed by atoms with Crippen molar-refractivity contribution in [3.8, 4) is 11.1 Å². The van der Waals surface area contributed by atoms with Gasteiger partial charge in [0.1, 0.15) is 11.2 Å². The molecule has 2 heterocycles. The molecule has 0 saturated heterocycles. The Morgan fingerprint density at radius 2 is 2.05 bits per heavy atom. The lowest BCUT2D eigenvalue weighted by Gasteiger charge is -2.10. The summed E-state index contributed by atoms with van der Waals surface area (Å²) in [6, 6.07) is 3.38. The van der Waals surface area contributed by atoms with E-state index in [4.69, 9.17) is 11.6 Å². The Hall–Kier alpha value is -2.06. The molecule has 1 aromatic carbocycles. The van der Waals surface area contributed by atoms with Gasteiger partial charge in [-0.2, -0.15) is 13.2 Å². The van der Waals surface area contributed by atoms with E-state index in [-0.39, 0.29) is 16.5 Å². The topological polar surface area (TPSA) is 55.1 Å². The molecule has 2 aromatic heterocycles. The predicted octanol–water partition coefficient (Wildman–Crippen LogP) is 4.03. The minimum atomic E-state index is -4.60. The zero-order valence-corrected chi connectivity index (χ0v) is 12.1. The minimum absolute atomic E-state index is 0.0606. The fourth-order valence-corrected chi connectivity index (χ4v) is 3.18. The van der Waals surface area contributed by atoms with Crippen molar-refractivity contribution in [3.05, 3.63) is 50.8 Å². The molecule has 4 nitrogen and oxygen atoms in total. The van der Waals surface area contributed by atoms with Crippen LogP contribution in [0.1, 0.15) is 5.56 Å². The van der Waals surface area contributed by atoms with Crippen molar-refractivity contribution in [3.63, 3.8) is 0 Å². The number of rotatable bonds is 1. The van der Waals surface area contributed by atoms with Gasteiger partial charge in [0.2, 0.25) is 0 Å². The summed E-state index contributed by atoms with van der Waals surface area (Å²) in [5.74, 6) is 0. The summed E-state index contributed by atoms with van der Waals surface area (Å²) >= 11 is 6.68. The van der Waals surface area contributed by atoms with Crippen LogP contribution in [0.3, 0.4) is 0 Å². The van der Waals surface area contributed by atoms with Gasteiger partial charge < -0.3 is 5.21 Å². The molecular formula is C13H6ClF3N2O2S. The number of halogens is 4. The molecule has 0 radical (unpaired) electrons. The van der Waals surface area contributed by atoms with Crippen molar-refractivity contribution in [2.24, 2.45) is 0 Å². The summed E-state index contributed by atoms with van der Waals surface area (Å²) in [6.45, 7) is 0. The molecule has 0 fully saturated rings. The average Bonchev–Trinajstić information content (AvgIpc) is 2.87. The van der Waals surface area contributed by atoms with E-state index in [0.717, 1.165) is 29.8 Å². The smallest absolute Gasteiger partial charge is 0.417 e. The van der Waals surface area contributed by atoms with Gasteiger partial charge in [-0.3, -0.25) is 4.79 Å². The Labute approximate surface area is 130 Å². The molecule has 0 bridgehead atoms. The largest absolute Gasteiger partial charge is 0.424 e. The van der Waals surface area contributed by atoms with Crippen molar-refractivity contribution in [1.82, 2.24) is 9.71 Å². The summed E-state index contributed by atoms with van der Waals surface area (Å²) in [6.07, 6.45) is -3.66. The molecule has 0 amide bonds. The molecule has 0 atom stereocenters. The maximum atomic E-state index is 12.9. The Balaban J connectivity index is 2.29. The lowest BCUT2D eigenvalue weighted by molar-refractivity contribution is -0.137. The van der Waals surface area contributed by atoms with E-state index in [1.165, 1.54) is 11.4 Å². The number of fused-ring (bicyclic) bond motifs is 1. The first-order chi connectivity index (χ1) is 10.3. The molecular weight excluding hydrogens is 341 g/mol. The van der Waals surface area contributed by atoms with E-state index in [0.29, 0.717) is 9.56 Å². The van der Waals surface area contributed by atoms with Crippen LogP contribution in [0.4, 0.5) is 13.2 Å². The third-order valence-electron chi connectivity index (χ3n) is 3.06. The summed E-state index contributed by atoms with van der Waals surface area (Å²) < 4.78 is 39.1. The van der Waals surface area contributed by atoms with Gasteiger partial charge in [-0.25, -0.2) is 4.98 Å². The third-order valence-corrected chi connectivity index (χ3v) is 4.28. The van der Waals surface area contributed by atoms with Gasteiger partial charge in [-0.15, -0.1) is 16.1 Å². The number of alkyl halides is 3. The van der Waals surface area contributed by atoms with Crippen molar-refractivity contribution in [1.29, 1.82) is 0 Å². The molecule has 3 aromatic rings. The first kappa shape index (κ1) is 14.9. The standard InChI is InChI=1S/C13H6ClF3N2O2S/c14-9-2-1-6(3-8(9)13(15,16)17)7-4-22-11-10(7)12(20)19(21)5-18-11/h1-5,21H. The van der Waals surface area contributed by atoms with E-state index < -0.39 is 22.3 Å². The number of benzene rings is 1. The molecule has 22 heavy (non-hydrogen) atoms. The summed E-state index contributed by atoms with van der Waals surface area (Å²) in [5.41, 5.74) is -1.29. The van der Waals surface area contributed by atoms with Crippen LogP contribution in [0.25, 0.3) is 21.3 Å².